The first-order chi connectivity index (χ1) is 8.56. The van der Waals surface area contributed by atoms with Crippen molar-refractivity contribution in [3.05, 3.63) is 22.2 Å². The Hall–Kier alpha value is -1.03. The van der Waals surface area contributed by atoms with Crippen molar-refractivity contribution in [3.8, 4) is 0 Å². The summed E-state index contributed by atoms with van der Waals surface area (Å²) in [6.07, 6.45) is 5.52. The third-order valence-electron chi connectivity index (χ3n) is 3.58. The summed E-state index contributed by atoms with van der Waals surface area (Å²) in [6.45, 7) is 1.95. The van der Waals surface area contributed by atoms with Gasteiger partial charge in [-0.2, -0.15) is 0 Å². The molecule has 4 heteroatoms. The summed E-state index contributed by atoms with van der Waals surface area (Å²) in [6, 6.07) is 3.74. The van der Waals surface area contributed by atoms with Crippen LogP contribution in [0.4, 0.5) is 11.4 Å². The van der Waals surface area contributed by atoms with Gasteiger partial charge in [0.2, 0.25) is 5.91 Å². The summed E-state index contributed by atoms with van der Waals surface area (Å²) in [4.78, 5) is 11.9. The maximum Gasteiger partial charge on any atom is 0.224 e. The van der Waals surface area contributed by atoms with E-state index in [1.165, 1.54) is 25.7 Å². The molecule has 98 valence electrons. The van der Waals surface area contributed by atoms with Crippen LogP contribution in [0.25, 0.3) is 0 Å². The van der Waals surface area contributed by atoms with Gasteiger partial charge in [-0.15, -0.1) is 0 Å². The molecule has 0 spiro atoms. The number of nitrogens with two attached hydrogens (primary N) is 1. The van der Waals surface area contributed by atoms with Gasteiger partial charge in [0.15, 0.2) is 0 Å². The number of aryl methyl sites for hydroxylation is 1. The number of carbonyl (C=O) groups is 1. The molecule has 0 aliphatic heterocycles. The van der Waals surface area contributed by atoms with Crippen molar-refractivity contribution in [2.24, 2.45) is 5.92 Å². The zero-order chi connectivity index (χ0) is 13.1. The van der Waals surface area contributed by atoms with Gasteiger partial charge in [0, 0.05) is 16.6 Å². The molecule has 0 radical (unpaired) electrons. The highest BCUT2D eigenvalue weighted by molar-refractivity contribution is 9.10. The smallest absolute Gasteiger partial charge is 0.224 e. The molecule has 1 fully saturated rings. The van der Waals surface area contributed by atoms with Crippen molar-refractivity contribution in [2.75, 3.05) is 11.1 Å². The van der Waals surface area contributed by atoms with E-state index < -0.39 is 0 Å². The Labute approximate surface area is 116 Å². The maximum atomic E-state index is 11.9. The first-order valence-electron chi connectivity index (χ1n) is 6.41. The van der Waals surface area contributed by atoms with Gasteiger partial charge in [-0.1, -0.05) is 12.8 Å². The van der Waals surface area contributed by atoms with Crippen molar-refractivity contribution in [1.82, 2.24) is 0 Å². The Morgan fingerprint density at radius 1 is 1.44 bits per heavy atom. The lowest BCUT2D eigenvalue weighted by Crippen LogP contribution is -2.15. The Balaban J connectivity index is 2.00. The summed E-state index contributed by atoms with van der Waals surface area (Å²) in [5, 5.41) is 2.94. The molecule has 1 aromatic rings. The lowest BCUT2D eigenvalue weighted by Gasteiger charge is -2.12. The van der Waals surface area contributed by atoms with Gasteiger partial charge >= 0.3 is 0 Å². The van der Waals surface area contributed by atoms with E-state index in [2.05, 4.69) is 21.2 Å². The molecule has 1 aliphatic rings. The Kier molecular flexibility index (Phi) is 4.27. The highest BCUT2D eigenvalue weighted by atomic mass is 79.9. The predicted molar refractivity (Wildman–Crippen MR) is 78.5 cm³/mol. The van der Waals surface area contributed by atoms with Crippen molar-refractivity contribution in [3.63, 3.8) is 0 Å². The maximum absolute atomic E-state index is 11.9. The molecule has 3 nitrogen and oxygen atoms in total. The van der Waals surface area contributed by atoms with E-state index in [1.54, 1.807) is 0 Å². The van der Waals surface area contributed by atoms with Gasteiger partial charge in [0.1, 0.15) is 0 Å². The lowest BCUT2D eigenvalue weighted by atomic mass is 10.0. The number of amides is 1. The van der Waals surface area contributed by atoms with Gasteiger partial charge in [-0.25, -0.2) is 0 Å². The second-order valence-electron chi connectivity index (χ2n) is 5.09. The van der Waals surface area contributed by atoms with Crippen LogP contribution in [0.15, 0.2) is 16.6 Å². The van der Waals surface area contributed by atoms with Crippen LogP contribution in [0.3, 0.4) is 0 Å². The number of benzene rings is 1. The molecular weight excluding hydrogens is 292 g/mol. The summed E-state index contributed by atoms with van der Waals surface area (Å²) >= 11 is 3.45. The SMILES string of the molecule is Cc1cc(Br)c(NC(=O)CC2CCCC2)cc1N. The molecule has 0 unspecified atom stereocenters. The number of halogens is 1. The van der Waals surface area contributed by atoms with E-state index >= 15 is 0 Å². The van der Waals surface area contributed by atoms with Crippen LogP contribution in [0.5, 0.6) is 0 Å². The summed E-state index contributed by atoms with van der Waals surface area (Å²) in [5.41, 5.74) is 8.33. The molecule has 0 atom stereocenters. The van der Waals surface area contributed by atoms with Crippen molar-refractivity contribution in [1.29, 1.82) is 0 Å². The Morgan fingerprint density at radius 3 is 2.78 bits per heavy atom. The summed E-state index contributed by atoms with van der Waals surface area (Å²) in [7, 11) is 0. The number of carbonyl (C=O) groups excluding carboxylic acids is 1. The molecule has 0 bridgehead atoms. The number of hydrogen-bond donors (Lipinski definition) is 2. The fourth-order valence-electron chi connectivity index (χ4n) is 2.46. The minimum absolute atomic E-state index is 0.0888. The van der Waals surface area contributed by atoms with Crippen LogP contribution in [-0.2, 0) is 4.79 Å². The zero-order valence-corrected chi connectivity index (χ0v) is 12.2. The molecule has 1 saturated carbocycles. The van der Waals surface area contributed by atoms with E-state index in [0.717, 1.165) is 15.7 Å². The van der Waals surface area contributed by atoms with Crippen molar-refractivity contribution in [2.45, 2.75) is 39.0 Å². The third-order valence-corrected chi connectivity index (χ3v) is 4.23. The van der Waals surface area contributed by atoms with Crippen LogP contribution in [0.2, 0.25) is 0 Å². The second-order valence-corrected chi connectivity index (χ2v) is 5.95. The van der Waals surface area contributed by atoms with Gasteiger partial charge < -0.3 is 11.1 Å². The first-order valence-corrected chi connectivity index (χ1v) is 7.21. The molecular formula is C14H19BrN2O. The molecule has 2 rings (SSSR count). The first kappa shape index (κ1) is 13.4. The number of anilines is 2. The average molecular weight is 311 g/mol. The normalized spacial score (nSPS) is 15.9. The highest BCUT2D eigenvalue weighted by Crippen LogP contribution is 2.30. The van der Waals surface area contributed by atoms with Crippen LogP contribution in [-0.4, -0.2) is 5.91 Å². The fourth-order valence-corrected chi connectivity index (χ4v) is 3.02. The van der Waals surface area contributed by atoms with E-state index in [4.69, 9.17) is 5.73 Å². The molecule has 0 heterocycles. The van der Waals surface area contributed by atoms with Crippen molar-refractivity contribution >= 4 is 33.2 Å². The second kappa shape index (κ2) is 5.74. The molecule has 3 N–H and O–H groups in total. The van der Waals surface area contributed by atoms with Crippen molar-refractivity contribution < 1.29 is 4.79 Å². The average Bonchev–Trinajstić information content (AvgIpc) is 2.78. The van der Waals surface area contributed by atoms with E-state index in [0.29, 0.717) is 18.0 Å². The topological polar surface area (TPSA) is 55.1 Å². The standard InChI is InChI=1S/C14H19BrN2O/c1-9-6-11(15)13(8-12(9)16)17-14(18)7-10-4-2-3-5-10/h6,8,10H,2-5,7,16H2,1H3,(H,17,18). The fraction of sp³-hybridized carbons (Fsp3) is 0.500. The Morgan fingerprint density at radius 2 is 2.11 bits per heavy atom. The van der Waals surface area contributed by atoms with Crippen LogP contribution in [0.1, 0.15) is 37.7 Å². The van der Waals surface area contributed by atoms with E-state index in [-0.39, 0.29) is 5.91 Å². The number of hydrogen-bond acceptors (Lipinski definition) is 2. The van der Waals surface area contributed by atoms with Crippen LogP contribution in [0, 0.1) is 12.8 Å². The number of nitrogen functional groups attached to an aromatic ring is 1. The van der Waals surface area contributed by atoms with E-state index in [1.807, 2.05) is 19.1 Å². The number of nitrogens with one attached hydrogen (secondary N) is 1. The van der Waals surface area contributed by atoms with Crippen LogP contribution >= 0.6 is 15.9 Å². The molecule has 0 aromatic heterocycles. The summed E-state index contributed by atoms with van der Waals surface area (Å²) in [5.74, 6) is 0.650. The molecule has 0 saturated heterocycles. The van der Waals surface area contributed by atoms with Gasteiger partial charge in [-0.3, -0.25) is 4.79 Å². The molecule has 18 heavy (non-hydrogen) atoms. The van der Waals surface area contributed by atoms with Gasteiger partial charge in [-0.05, 0) is 59.3 Å². The van der Waals surface area contributed by atoms with Gasteiger partial charge in [0.25, 0.3) is 0 Å². The predicted octanol–water partition coefficient (Wildman–Crippen LogP) is 3.86. The monoisotopic (exact) mass is 310 g/mol. The number of rotatable bonds is 3. The van der Waals surface area contributed by atoms with E-state index in [9.17, 15) is 4.79 Å². The molecule has 1 amide bonds. The zero-order valence-electron chi connectivity index (χ0n) is 10.6. The minimum Gasteiger partial charge on any atom is -0.398 e. The Bertz CT molecular complexity index is 453. The quantitative estimate of drug-likeness (QED) is 0.833. The minimum atomic E-state index is 0.0888. The molecule has 1 aliphatic carbocycles. The molecule has 1 aromatic carbocycles. The highest BCUT2D eigenvalue weighted by Gasteiger charge is 2.18. The largest absolute Gasteiger partial charge is 0.398 e. The summed E-state index contributed by atoms with van der Waals surface area (Å²) < 4.78 is 0.883. The lowest BCUT2D eigenvalue weighted by molar-refractivity contribution is -0.117. The van der Waals surface area contributed by atoms with Crippen LogP contribution < -0.4 is 11.1 Å². The third kappa shape index (κ3) is 3.25. The van der Waals surface area contributed by atoms with Gasteiger partial charge in [0.05, 0.1) is 5.69 Å².